The van der Waals surface area contributed by atoms with E-state index in [1.54, 1.807) is 6.20 Å². The molecule has 124 valence electrons. The third-order valence-corrected chi connectivity index (χ3v) is 3.72. The number of aromatic nitrogens is 3. The molecule has 1 saturated heterocycles. The van der Waals surface area contributed by atoms with E-state index in [9.17, 15) is 4.79 Å². The number of H-pyrrole nitrogens is 1. The Hall–Kier alpha value is -1.96. The van der Waals surface area contributed by atoms with Crippen LogP contribution in [-0.2, 0) is 16.0 Å². The van der Waals surface area contributed by atoms with Crippen LogP contribution in [0.3, 0.4) is 0 Å². The first-order valence-corrected chi connectivity index (χ1v) is 7.60. The van der Waals surface area contributed by atoms with Gasteiger partial charge < -0.3 is 15.3 Å². The minimum Gasteiger partial charge on any atom is -0.483 e. The average molecular weight is 311 g/mol. The van der Waals surface area contributed by atoms with E-state index < -0.39 is 0 Å². The lowest BCUT2D eigenvalue weighted by molar-refractivity contribution is -0.123. The van der Waals surface area contributed by atoms with Crippen LogP contribution < -0.4 is 5.32 Å². The minimum absolute atomic E-state index is 0.134. The smallest absolute Gasteiger partial charge is 0.290 e. The fourth-order valence-electron chi connectivity index (χ4n) is 2.47. The van der Waals surface area contributed by atoms with E-state index in [4.69, 9.17) is 9.90 Å². The Morgan fingerprint density at radius 2 is 2.23 bits per heavy atom. The molecule has 1 fully saturated rings. The molecule has 0 bridgehead atoms. The number of nitrogens with zero attached hydrogens (tertiary/aromatic N) is 3. The number of carbonyl (C=O) groups is 2. The summed E-state index contributed by atoms with van der Waals surface area (Å²) in [5, 5.41) is 20.1. The highest BCUT2D eigenvalue weighted by Crippen LogP contribution is 2.14. The quantitative estimate of drug-likeness (QED) is 0.630. The van der Waals surface area contributed by atoms with Gasteiger partial charge in [-0.25, -0.2) is 0 Å². The highest BCUT2D eigenvalue weighted by atomic mass is 16.3. The second-order valence-corrected chi connectivity index (χ2v) is 5.30. The number of rotatable bonds is 7. The Morgan fingerprint density at radius 1 is 1.55 bits per heavy atom. The fourth-order valence-corrected chi connectivity index (χ4v) is 2.47. The summed E-state index contributed by atoms with van der Waals surface area (Å²) < 4.78 is 0. The molecule has 22 heavy (non-hydrogen) atoms. The van der Waals surface area contributed by atoms with Crippen molar-refractivity contribution in [3.63, 3.8) is 0 Å². The molecule has 1 atom stereocenters. The largest absolute Gasteiger partial charge is 0.483 e. The van der Waals surface area contributed by atoms with E-state index in [0.717, 1.165) is 18.5 Å². The molecule has 0 radical (unpaired) electrons. The number of amides is 1. The molecule has 1 aliphatic heterocycles. The van der Waals surface area contributed by atoms with E-state index in [1.165, 1.54) is 25.9 Å². The molecule has 1 aromatic rings. The lowest BCUT2D eigenvalue weighted by Gasteiger charge is -2.23. The molecule has 1 aromatic heterocycles. The molecule has 8 heteroatoms. The SMILES string of the molecule is CC(CCC(=O)NCCc1cn[nH]n1)N1CCCC1.O=CO. The summed E-state index contributed by atoms with van der Waals surface area (Å²) in [5.41, 5.74) is 0.880. The maximum atomic E-state index is 11.7. The second kappa shape index (κ2) is 10.7. The fraction of sp³-hybridized carbons (Fsp3) is 0.714. The van der Waals surface area contributed by atoms with Gasteiger partial charge in [0.05, 0.1) is 11.9 Å². The molecule has 0 saturated carbocycles. The number of carbonyl (C=O) groups excluding carboxylic acids is 1. The van der Waals surface area contributed by atoms with Crippen LogP contribution in [0.2, 0.25) is 0 Å². The molecule has 0 aliphatic carbocycles. The number of nitrogens with one attached hydrogen (secondary N) is 2. The molecule has 3 N–H and O–H groups in total. The standard InChI is InChI=1S/C13H23N5O.CH2O2/c1-11(18-8-2-3-9-18)4-5-13(19)14-7-6-12-10-15-17-16-12;2-1-3/h10-11H,2-9H2,1H3,(H,14,19)(H,15,16,17);1H,(H,2,3). The third-order valence-electron chi connectivity index (χ3n) is 3.72. The highest BCUT2D eigenvalue weighted by molar-refractivity contribution is 5.75. The zero-order valence-electron chi connectivity index (χ0n) is 13.0. The highest BCUT2D eigenvalue weighted by Gasteiger charge is 2.18. The number of likely N-dealkylation sites (tertiary alicyclic amines) is 1. The van der Waals surface area contributed by atoms with Gasteiger partial charge in [-0.05, 0) is 39.3 Å². The molecule has 1 unspecified atom stereocenters. The Balaban J connectivity index is 0.000000745. The summed E-state index contributed by atoms with van der Waals surface area (Å²) in [5.74, 6) is 0.134. The van der Waals surface area contributed by atoms with Crippen LogP contribution in [0.25, 0.3) is 0 Å². The second-order valence-electron chi connectivity index (χ2n) is 5.30. The van der Waals surface area contributed by atoms with Crippen LogP contribution in [0, 0.1) is 0 Å². The Labute approximate surface area is 130 Å². The van der Waals surface area contributed by atoms with Crippen molar-refractivity contribution in [2.75, 3.05) is 19.6 Å². The number of hydrogen-bond acceptors (Lipinski definition) is 5. The van der Waals surface area contributed by atoms with Crippen molar-refractivity contribution in [2.45, 2.75) is 45.1 Å². The first-order valence-electron chi connectivity index (χ1n) is 7.60. The van der Waals surface area contributed by atoms with Crippen molar-refractivity contribution < 1.29 is 14.7 Å². The molecule has 8 nitrogen and oxygen atoms in total. The van der Waals surface area contributed by atoms with Gasteiger partial charge in [0.25, 0.3) is 6.47 Å². The maximum Gasteiger partial charge on any atom is 0.290 e. The van der Waals surface area contributed by atoms with Crippen molar-refractivity contribution in [1.29, 1.82) is 0 Å². The lowest BCUT2D eigenvalue weighted by Crippen LogP contribution is -2.32. The molecule has 0 spiro atoms. The van der Waals surface area contributed by atoms with E-state index >= 15 is 0 Å². The number of aromatic amines is 1. The van der Waals surface area contributed by atoms with Crippen molar-refractivity contribution in [2.24, 2.45) is 0 Å². The van der Waals surface area contributed by atoms with E-state index in [1.807, 2.05) is 0 Å². The topological polar surface area (TPSA) is 111 Å². The van der Waals surface area contributed by atoms with E-state index in [2.05, 4.69) is 32.6 Å². The summed E-state index contributed by atoms with van der Waals surface area (Å²) in [7, 11) is 0. The minimum atomic E-state index is -0.250. The maximum absolute atomic E-state index is 11.7. The van der Waals surface area contributed by atoms with Crippen LogP contribution in [0.4, 0.5) is 0 Å². The number of hydrogen-bond donors (Lipinski definition) is 3. The van der Waals surface area contributed by atoms with Gasteiger partial charge in [-0.1, -0.05) is 0 Å². The summed E-state index contributed by atoms with van der Waals surface area (Å²) in [6, 6.07) is 0.517. The first-order chi connectivity index (χ1) is 10.7. The monoisotopic (exact) mass is 311 g/mol. The third kappa shape index (κ3) is 7.16. The predicted octanol–water partition coefficient (Wildman–Crippen LogP) is 0.429. The zero-order chi connectivity index (χ0) is 16.2. The van der Waals surface area contributed by atoms with E-state index in [-0.39, 0.29) is 12.4 Å². The van der Waals surface area contributed by atoms with E-state index in [0.29, 0.717) is 19.0 Å². The first kappa shape index (κ1) is 18.1. The Morgan fingerprint density at radius 3 is 2.82 bits per heavy atom. The van der Waals surface area contributed by atoms with Crippen LogP contribution >= 0.6 is 0 Å². The van der Waals surface area contributed by atoms with Gasteiger partial charge >= 0.3 is 0 Å². The average Bonchev–Trinajstić information content (AvgIpc) is 3.18. The molecule has 1 aliphatic rings. The summed E-state index contributed by atoms with van der Waals surface area (Å²) in [6.45, 7) is 4.97. The molecule has 2 heterocycles. The van der Waals surface area contributed by atoms with Gasteiger partial charge in [-0.2, -0.15) is 15.4 Å². The van der Waals surface area contributed by atoms with Crippen molar-refractivity contribution in [1.82, 2.24) is 25.6 Å². The Bertz CT molecular complexity index is 418. The van der Waals surface area contributed by atoms with Crippen LogP contribution in [0.15, 0.2) is 6.20 Å². The van der Waals surface area contributed by atoms with Gasteiger partial charge in [0.15, 0.2) is 0 Å². The zero-order valence-corrected chi connectivity index (χ0v) is 13.0. The van der Waals surface area contributed by atoms with Crippen LogP contribution in [-0.4, -0.2) is 63.5 Å². The van der Waals surface area contributed by atoms with Crippen LogP contribution in [0.1, 0.15) is 38.3 Å². The molecule has 0 aromatic carbocycles. The summed E-state index contributed by atoms with van der Waals surface area (Å²) >= 11 is 0. The number of carboxylic acid groups (broad SMARTS) is 1. The van der Waals surface area contributed by atoms with Gasteiger partial charge in [0.2, 0.25) is 5.91 Å². The molecular weight excluding hydrogens is 286 g/mol. The predicted molar refractivity (Wildman–Crippen MR) is 81.3 cm³/mol. The lowest BCUT2D eigenvalue weighted by atomic mass is 10.1. The normalized spacial score (nSPS) is 15.7. The van der Waals surface area contributed by atoms with Crippen molar-refractivity contribution in [3.05, 3.63) is 11.9 Å². The molecular formula is C14H25N5O3. The van der Waals surface area contributed by atoms with Crippen molar-refractivity contribution in [3.8, 4) is 0 Å². The molecule has 1 amide bonds. The van der Waals surface area contributed by atoms with Gasteiger partial charge in [-0.15, -0.1) is 0 Å². The molecule has 2 rings (SSSR count). The van der Waals surface area contributed by atoms with Gasteiger partial charge in [0.1, 0.15) is 0 Å². The van der Waals surface area contributed by atoms with Gasteiger partial charge in [0, 0.05) is 25.4 Å². The summed E-state index contributed by atoms with van der Waals surface area (Å²) in [6.07, 6.45) is 6.56. The van der Waals surface area contributed by atoms with Gasteiger partial charge in [-0.3, -0.25) is 9.59 Å². The Kier molecular flexibility index (Phi) is 8.82. The van der Waals surface area contributed by atoms with Crippen LogP contribution in [0.5, 0.6) is 0 Å². The van der Waals surface area contributed by atoms with Crippen molar-refractivity contribution >= 4 is 12.4 Å². The summed E-state index contributed by atoms with van der Waals surface area (Å²) in [4.78, 5) is 22.6.